The lowest BCUT2D eigenvalue weighted by Gasteiger charge is -2.30. The zero-order valence-corrected chi connectivity index (χ0v) is 41.6. The second kappa shape index (κ2) is 17.5. The Morgan fingerprint density at radius 1 is 0.253 bits per heavy atom. The number of nitrogens with zero attached hydrogens (tertiary/aromatic N) is 4. The van der Waals surface area contributed by atoms with Crippen LogP contribution < -0.4 is 9.80 Å². The van der Waals surface area contributed by atoms with Crippen LogP contribution in [0.5, 0.6) is 0 Å². The number of hydrogen-bond acceptors (Lipinski definition) is 3. The van der Waals surface area contributed by atoms with E-state index in [0.717, 1.165) is 62.1 Å². The van der Waals surface area contributed by atoms with E-state index in [9.17, 15) is 0 Å². The lowest BCUT2D eigenvalue weighted by atomic mass is 9.98. The minimum Gasteiger partial charge on any atom is -0.310 e. The summed E-state index contributed by atoms with van der Waals surface area (Å²) in [5.74, 6) is 0. The van der Waals surface area contributed by atoms with Gasteiger partial charge in [-0.3, -0.25) is 0 Å². The minimum absolute atomic E-state index is 1.04. The summed E-state index contributed by atoms with van der Waals surface area (Å²) in [5, 5.41) is 9.88. The first-order valence-corrected chi connectivity index (χ1v) is 26.4. The Bertz CT molecular complexity index is 4610. The molecule has 0 saturated heterocycles. The van der Waals surface area contributed by atoms with Gasteiger partial charge in [-0.25, -0.2) is 0 Å². The van der Waals surface area contributed by atoms with Gasteiger partial charge in [-0.2, -0.15) is 0 Å². The fourth-order valence-corrected chi connectivity index (χ4v) is 12.8. The van der Waals surface area contributed by atoms with Gasteiger partial charge in [0.25, 0.3) is 0 Å². The van der Waals surface area contributed by atoms with Crippen molar-refractivity contribution in [1.82, 2.24) is 9.13 Å². The summed E-state index contributed by atoms with van der Waals surface area (Å²) < 4.78 is 7.39. The first-order chi connectivity index (χ1) is 37.2. The van der Waals surface area contributed by atoms with E-state index in [2.05, 4.69) is 298 Å². The number of anilines is 6. The topological polar surface area (TPSA) is 16.3 Å². The van der Waals surface area contributed by atoms with Gasteiger partial charge >= 0.3 is 0 Å². The van der Waals surface area contributed by atoms with Crippen LogP contribution in [0, 0.1) is 0 Å². The molecule has 0 atom stereocenters. The van der Waals surface area contributed by atoms with Gasteiger partial charge in [0.1, 0.15) is 0 Å². The van der Waals surface area contributed by atoms with E-state index in [4.69, 9.17) is 0 Å². The zero-order chi connectivity index (χ0) is 49.4. The second-order valence-corrected chi connectivity index (χ2v) is 20.4. The number of thiophene rings is 1. The Morgan fingerprint density at radius 3 is 1.49 bits per heavy atom. The summed E-state index contributed by atoms with van der Waals surface area (Å²) in [6.45, 7) is 0. The SMILES string of the molecule is c1ccc(N(c2ccccc2)c2cc(-c3ccc4c(c3)c3c5ccccc5ccc3n4-c3ccccc3)cc(N(c3ccc4sc5ccccc5c4c3)c3ccc4c5ccccc5n(-c5ccccc5)c4c3)c2)cc1. The summed E-state index contributed by atoms with van der Waals surface area (Å²) in [4.78, 5) is 4.87. The molecule has 12 aromatic carbocycles. The van der Waals surface area contributed by atoms with Crippen LogP contribution in [0.2, 0.25) is 0 Å². The maximum Gasteiger partial charge on any atom is 0.0561 e. The van der Waals surface area contributed by atoms with E-state index in [1.165, 1.54) is 69.0 Å². The Morgan fingerprint density at radius 2 is 0.773 bits per heavy atom. The number of hydrogen-bond donors (Lipinski definition) is 0. The summed E-state index contributed by atoms with van der Waals surface area (Å²) in [6, 6.07) is 102. The van der Waals surface area contributed by atoms with Crippen molar-refractivity contribution in [2.75, 3.05) is 9.80 Å². The van der Waals surface area contributed by atoms with Gasteiger partial charge in [0.05, 0.1) is 22.1 Å². The molecule has 0 aliphatic carbocycles. The smallest absolute Gasteiger partial charge is 0.0561 e. The molecule has 75 heavy (non-hydrogen) atoms. The van der Waals surface area contributed by atoms with E-state index in [1.807, 2.05) is 11.3 Å². The zero-order valence-electron chi connectivity index (χ0n) is 40.8. The van der Waals surface area contributed by atoms with E-state index in [0.29, 0.717) is 0 Å². The van der Waals surface area contributed by atoms with Crippen LogP contribution >= 0.6 is 11.3 Å². The van der Waals surface area contributed by atoms with Crippen LogP contribution in [-0.2, 0) is 0 Å². The lowest BCUT2D eigenvalue weighted by Crippen LogP contribution is -2.13. The van der Waals surface area contributed by atoms with Crippen molar-refractivity contribution in [3.8, 4) is 22.5 Å². The van der Waals surface area contributed by atoms with E-state index >= 15 is 0 Å². The maximum absolute atomic E-state index is 2.48. The predicted molar refractivity (Wildman–Crippen MR) is 320 cm³/mol. The highest BCUT2D eigenvalue weighted by Gasteiger charge is 2.23. The Balaban J connectivity index is 1.03. The average molecular weight is 975 g/mol. The quantitative estimate of drug-likeness (QED) is 0.143. The van der Waals surface area contributed by atoms with Gasteiger partial charge in [0.2, 0.25) is 0 Å². The molecule has 15 rings (SSSR count). The van der Waals surface area contributed by atoms with E-state index in [-0.39, 0.29) is 0 Å². The molecule has 15 aromatic rings. The first-order valence-electron chi connectivity index (χ1n) is 25.6. The molecule has 0 unspecified atom stereocenters. The van der Waals surface area contributed by atoms with Crippen LogP contribution in [0.4, 0.5) is 34.1 Å². The van der Waals surface area contributed by atoms with Gasteiger partial charge < -0.3 is 18.9 Å². The van der Waals surface area contributed by atoms with E-state index in [1.54, 1.807) is 0 Å². The molecule has 0 aliphatic rings. The van der Waals surface area contributed by atoms with Gasteiger partial charge in [0.15, 0.2) is 0 Å². The molecule has 0 saturated carbocycles. The fraction of sp³-hybridized carbons (Fsp3) is 0. The third kappa shape index (κ3) is 7.12. The summed E-state index contributed by atoms with van der Waals surface area (Å²) in [5.41, 5.74) is 15.5. The Kier molecular flexibility index (Phi) is 10.0. The monoisotopic (exact) mass is 974 g/mol. The molecule has 0 spiro atoms. The van der Waals surface area contributed by atoms with Crippen LogP contribution in [0.1, 0.15) is 0 Å². The van der Waals surface area contributed by atoms with Crippen LogP contribution in [-0.4, -0.2) is 9.13 Å². The molecule has 0 fully saturated rings. The third-order valence-electron chi connectivity index (χ3n) is 15.0. The van der Waals surface area contributed by atoms with Crippen LogP contribution in [0.25, 0.3) is 97.1 Å². The predicted octanol–water partition coefficient (Wildman–Crippen LogP) is 20.0. The average Bonchev–Trinajstić information content (AvgIpc) is 4.13. The first kappa shape index (κ1) is 43.0. The highest BCUT2D eigenvalue weighted by molar-refractivity contribution is 7.25. The lowest BCUT2D eigenvalue weighted by molar-refractivity contribution is 1.18. The molecular weight excluding hydrogens is 929 g/mol. The number of benzene rings is 12. The van der Waals surface area contributed by atoms with Gasteiger partial charge in [-0.15, -0.1) is 11.3 Å². The Hall–Kier alpha value is -9.68. The van der Waals surface area contributed by atoms with Gasteiger partial charge in [-0.05, 0) is 149 Å². The van der Waals surface area contributed by atoms with Crippen molar-refractivity contribution in [2.24, 2.45) is 0 Å². The number of fused-ring (bicyclic) bond motifs is 11. The highest BCUT2D eigenvalue weighted by Crippen LogP contribution is 2.47. The van der Waals surface area contributed by atoms with Crippen molar-refractivity contribution >= 4 is 120 Å². The largest absolute Gasteiger partial charge is 0.310 e. The van der Waals surface area contributed by atoms with Crippen molar-refractivity contribution < 1.29 is 0 Å². The molecule has 0 radical (unpaired) electrons. The van der Waals surface area contributed by atoms with Crippen LogP contribution in [0.15, 0.2) is 279 Å². The Labute approximate surface area is 438 Å². The maximum atomic E-state index is 2.48. The van der Waals surface area contributed by atoms with Crippen molar-refractivity contribution in [3.05, 3.63) is 279 Å². The molecule has 5 heteroatoms. The number of aromatic nitrogens is 2. The van der Waals surface area contributed by atoms with Crippen molar-refractivity contribution in [1.29, 1.82) is 0 Å². The molecule has 0 amide bonds. The van der Waals surface area contributed by atoms with Gasteiger partial charge in [0, 0.05) is 87.2 Å². The molecule has 3 heterocycles. The molecule has 0 aliphatic heterocycles. The van der Waals surface area contributed by atoms with Crippen LogP contribution in [0.3, 0.4) is 0 Å². The normalized spacial score (nSPS) is 11.7. The summed E-state index contributed by atoms with van der Waals surface area (Å²) >= 11 is 1.85. The summed E-state index contributed by atoms with van der Waals surface area (Å²) in [7, 11) is 0. The number of rotatable bonds is 9. The standard InChI is InChI=1S/C70H46N4S/c1-5-20-50(21-6-1)71(51-22-7-2-8-23-51)56-41-49(48-34-38-65-63(43-48)70-58-28-14-13-19-47(58)33-39-66(70)73(65)52-24-9-3-10-25-52)42-57(44-56)72(54-36-40-69-62(45-54)61-30-16-18-32-68(61)75-69)55-35-37-60-59-29-15-17-31-64(59)74(67(60)46-55)53-26-11-4-12-27-53/h1-46H. The molecule has 0 N–H and O–H groups in total. The second-order valence-electron chi connectivity index (χ2n) is 19.3. The molecule has 0 bridgehead atoms. The fourth-order valence-electron chi connectivity index (χ4n) is 11.7. The summed E-state index contributed by atoms with van der Waals surface area (Å²) in [6.07, 6.45) is 0. The van der Waals surface area contributed by atoms with Crippen molar-refractivity contribution in [2.45, 2.75) is 0 Å². The number of para-hydroxylation sites is 5. The third-order valence-corrected chi connectivity index (χ3v) is 16.2. The minimum atomic E-state index is 1.04. The molecule has 352 valence electrons. The molecular formula is C70H46N4S. The highest BCUT2D eigenvalue weighted by atomic mass is 32.1. The molecule has 4 nitrogen and oxygen atoms in total. The van der Waals surface area contributed by atoms with E-state index < -0.39 is 0 Å². The van der Waals surface area contributed by atoms with Gasteiger partial charge in [-0.1, -0.05) is 152 Å². The van der Waals surface area contributed by atoms with Crippen molar-refractivity contribution in [3.63, 3.8) is 0 Å². The molecule has 3 aromatic heterocycles.